The van der Waals surface area contributed by atoms with Crippen molar-refractivity contribution in [3.8, 4) is 0 Å². The number of Topliss-reactive ketones (excluding diaryl/α,β-unsaturated/α-hetero) is 1. The van der Waals surface area contributed by atoms with E-state index in [4.69, 9.17) is 0 Å². The number of carbonyl (C=O) groups is 1. The Morgan fingerprint density at radius 2 is 0.571 bits per heavy atom. The third-order valence-electron chi connectivity index (χ3n) is 6.12. The third-order valence-corrected chi connectivity index (χ3v) is 6.12. The van der Waals surface area contributed by atoms with Gasteiger partial charge in [-0.15, -0.1) is 0 Å². The molecule has 0 saturated carbocycles. The third kappa shape index (κ3) is 23.7. The maximum atomic E-state index is 11.9. The number of carbonyl (C=O) groups excluding carboxylic acids is 1. The minimum Gasteiger partial charge on any atom is -0.300 e. The first kappa shape index (κ1) is 27.7. The highest BCUT2D eigenvalue weighted by Crippen LogP contribution is 2.14. The Morgan fingerprint density at radius 3 is 0.821 bits per heavy atom. The lowest BCUT2D eigenvalue weighted by Gasteiger charge is -2.04. The van der Waals surface area contributed by atoms with E-state index in [2.05, 4.69) is 13.8 Å². The molecular weight excluding hydrogens is 340 g/mol. The Kier molecular flexibility index (Phi) is 24.4. The van der Waals surface area contributed by atoms with Crippen molar-refractivity contribution >= 4 is 5.78 Å². The van der Waals surface area contributed by atoms with Gasteiger partial charge in [0.2, 0.25) is 0 Å². The Hall–Kier alpha value is -0.330. The lowest BCUT2D eigenvalue weighted by atomic mass is 10.0. The van der Waals surface area contributed by atoms with E-state index >= 15 is 0 Å². The molecule has 0 N–H and O–H groups in total. The van der Waals surface area contributed by atoms with E-state index in [1.165, 1.54) is 128 Å². The first-order chi connectivity index (χ1) is 13.8. The van der Waals surface area contributed by atoms with Gasteiger partial charge in [-0.1, -0.05) is 142 Å². The predicted molar refractivity (Wildman–Crippen MR) is 127 cm³/mol. The van der Waals surface area contributed by atoms with Gasteiger partial charge in [-0.3, -0.25) is 4.79 Å². The molecule has 0 fully saturated rings. The summed E-state index contributed by atoms with van der Waals surface area (Å²) in [6.45, 7) is 4.56. The van der Waals surface area contributed by atoms with Gasteiger partial charge in [0.1, 0.15) is 5.78 Å². The van der Waals surface area contributed by atoms with Crippen molar-refractivity contribution in [3.63, 3.8) is 0 Å². The van der Waals surface area contributed by atoms with Crippen molar-refractivity contribution in [1.29, 1.82) is 0 Å². The molecule has 0 aromatic heterocycles. The lowest BCUT2D eigenvalue weighted by Crippen LogP contribution is -1.97. The fourth-order valence-electron chi connectivity index (χ4n) is 4.10. The average molecular weight is 395 g/mol. The largest absolute Gasteiger partial charge is 0.300 e. The van der Waals surface area contributed by atoms with Gasteiger partial charge in [0.25, 0.3) is 0 Å². The minimum atomic E-state index is 0.518. The van der Waals surface area contributed by atoms with E-state index in [1.54, 1.807) is 0 Å². The van der Waals surface area contributed by atoms with Crippen LogP contribution in [0.2, 0.25) is 0 Å². The van der Waals surface area contributed by atoms with E-state index < -0.39 is 0 Å². The normalized spacial score (nSPS) is 11.2. The second kappa shape index (κ2) is 24.7. The Labute approximate surface area is 178 Å². The lowest BCUT2D eigenvalue weighted by molar-refractivity contribution is -0.119. The zero-order valence-corrected chi connectivity index (χ0v) is 19.9. The molecule has 0 unspecified atom stereocenters. The fourth-order valence-corrected chi connectivity index (χ4v) is 4.10. The topological polar surface area (TPSA) is 17.1 Å². The van der Waals surface area contributed by atoms with Crippen molar-refractivity contribution < 1.29 is 4.79 Å². The van der Waals surface area contributed by atoms with Crippen LogP contribution in [0.15, 0.2) is 0 Å². The SMILES string of the molecule is CCCCCCCCCCCCCCCCC(=O)CCCCCCCCCC. The molecule has 0 spiro atoms. The molecule has 0 atom stereocenters. The number of rotatable bonds is 24. The first-order valence-corrected chi connectivity index (χ1v) is 13.3. The summed E-state index contributed by atoms with van der Waals surface area (Å²) < 4.78 is 0. The molecule has 1 heteroatoms. The molecule has 0 aliphatic rings. The molecule has 0 amide bonds. The monoisotopic (exact) mass is 394 g/mol. The van der Waals surface area contributed by atoms with E-state index in [1.807, 2.05) is 0 Å². The van der Waals surface area contributed by atoms with Crippen LogP contribution in [-0.2, 0) is 4.79 Å². The van der Waals surface area contributed by atoms with Crippen molar-refractivity contribution in [2.24, 2.45) is 0 Å². The first-order valence-electron chi connectivity index (χ1n) is 13.3. The van der Waals surface area contributed by atoms with E-state index in [9.17, 15) is 4.79 Å². The second-order valence-corrected chi connectivity index (χ2v) is 9.11. The molecule has 0 bridgehead atoms. The van der Waals surface area contributed by atoms with E-state index in [0.29, 0.717) is 5.78 Å². The Balaban J connectivity index is 3.12. The summed E-state index contributed by atoms with van der Waals surface area (Å²) in [4.78, 5) is 11.9. The summed E-state index contributed by atoms with van der Waals surface area (Å²) in [5, 5.41) is 0. The highest BCUT2D eigenvalue weighted by atomic mass is 16.1. The predicted octanol–water partition coefficient (Wildman–Crippen LogP) is 9.96. The molecule has 0 aromatic carbocycles. The summed E-state index contributed by atoms with van der Waals surface area (Å²) in [6.07, 6.45) is 31.7. The average Bonchev–Trinajstić information content (AvgIpc) is 2.70. The molecule has 168 valence electrons. The van der Waals surface area contributed by atoms with Gasteiger partial charge in [0.05, 0.1) is 0 Å². The van der Waals surface area contributed by atoms with Gasteiger partial charge < -0.3 is 0 Å². The molecular formula is C27H54O. The smallest absolute Gasteiger partial charge is 0.132 e. The van der Waals surface area contributed by atoms with Crippen molar-refractivity contribution in [1.82, 2.24) is 0 Å². The molecule has 0 rings (SSSR count). The van der Waals surface area contributed by atoms with Crippen LogP contribution in [0.25, 0.3) is 0 Å². The van der Waals surface area contributed by atoms with E-state index in [-0.39, 0.29) is 0 Å². The minimum absolute atomic E-state index is 0.518. The highest BCUT2D eigenvalue weighted by Gasteiger charge is 2.02. The van der Waals surface area contributed by atoms with E-state index in [0.717, 1.165) is 25.7 Å². The number of ketones is 1. The van der Waals surface area contributed by atoms with Crippen LogP contribution < -0.4 is 0 Å². The van der Waals surface area contributed by atoms with Crippen LogP contribution in [0, 0.1) is 0 Å². The second-order valence-electron chi connectivity index (χ2n) is 9.11. The van der Waals surface area contributed by atoms with Crippen molar-refractivity contribution in [3.05, 3.63) is 0 Å². The maximum Gasteiger partial charge on any atom is 0.132 e. The summed E-state index contributed by atoms with van der Waals surface area (Å²) in [7, 11) is 0. The van der Waals surface area contributed by atoms with Crippen LogP contribution in [-0.4, -0.2) is 5.78 Å². The molecule has 1 nitrogen and oxygen atoms in total. The maximum absolute atomic E-state index is 11.9. The van der Waals surface area contributed by atoms with Crippen LogP contribution in [0.5, 0.6) is 0 Å². The standard InChI is InChI=1S/C27H54O/c1-3-5-7-9-11-13-14-15-16-17-18-20-22-24-26-27(28)25-23-21-19-12-10-8-6-4-2/h3-26H2,1-2H3. The zero-order valence-electron chi connectivity index (χ0n) is 19.9. The Morgan fingerprint density at radius 1 is 0.357 bits per heavy atom. The molecule has 0 heterocycles. The summed E-state index contributed by atoms with van der Waals surface area (Å²) in [6, 6.07) is 0. The zero-order chi connectivity index (χ0) is 20.5. The molecule has 28 heavy (non-hydrogen) atoms. The van der Waals surface area contributed by atoms with Gasteiger partial charge in [0, 0.05) is 12.8 Å². The summed E-state index contributed by atoms with van der Waals surface area (Å²) in [5.74, 6) is 0.518. The van der Waals surface area contributed by atoms with Gasteiger partial charge in [0.15, 0.2) is 0 Å². The molecule has 0 radical (unpaired) electrons. The van der Waals surface area contributed by atoms with Gasteiger partial charge in [-0.2, -0.15) is 0 Å². The van der Waals surface area contributed by atoms with Gasteiger partial charge in [-0.05, 0) is 12.8 Å². The van der Waals surface area contributed by atoms with Crippen LogP contribution in [0.3, 0.4) is 0 Å². The number of hydrogen-bond acceptors (Lipinski definition) is 1. The summed E-state index contributed by atoms with van der Waals surface area (Å²) >= 11 is 0. The highest BCUT2D eigenvalue weighted by molar-refractivity contribution is 5.78. The number of hydrogen-bond donors (Lipinski definition) is 0. The molecule has 0 saturated heterocycles. The van der Waals surface area contributed by atoms with Gasteiger partial charge in [-0.25, -0.2) is 0 Å². The molecule has 0 aromatic rings. The van der Waals surface area contributed by atoms with Crippen LogP contribution in [0.1, 0.15) is 168 Å². The quantitative estimate of drug-likeness (QED) is 0.149. The Bertz CT molecular complexity index is 297. The van der Waals surface area contributed by atoms with Crippen molar-refractivity contribution in [2.75, 3.05) is 0 Å². The van der Waals surface area contributed by atoms with Crippen LogP contribution >= 0.6 is 0 Å². The van der Waals surface area contributed by atoms with Crippen LogP contribution in [0.4, 0.5) is 0 Å². The van der Waals surface area contributed by atoms with Gasteiger partial charge >= 0.3 is 0 Å². The molecule has 0 aliphatic heterocycles. The summed E-state index contributed by atoms with van der Waals surface area (Å²) in [5.41, 5.74) is 0. The fraction of sp³-hybridized carbons (Fsp3) is 0.963. The number of unbranched alkanes of at least 4 members (excludes halogenated alkanes) is 20. The molecule has 0 aliphatic carbocycles. The van der Waals surface area contributed by atoms with Crippen molar-refractivity contribution in [2.45, 2.75) is 168 Å².